The van der Waals surface area contributed by atoms with Gasteiger partial charge in [0.1, 0.15) is 11.3 Å². The summed E-state index contributed by atoms with van der Waals surface area (Å²) in [5.41, 5.74) is 4.53. The molecule has 0 atom stereocenters. The number of furan rings is 1. The molecule has 0 bridgehead atoms. The summed E-state index contributed by atoms with van der Waals surface area (Å²) in [5.74, 6) is 0.699. The molecule has 5 aromatic rings. The highest BCUT2D eigenvalue weighted by atomic mass is 16.3. The minimum atomic E-state index is -0.0949. The third kappa shape index (κ3) is 4.10. The number of fused-ring (bicyclic) bond motifs is 2. The Kier molecular flexibility index (Phi) is 5.60. The minimum absolute atomic E-state index is 0.0949. The van der Waals surface area contributed by atoms with Crippen molar-refractivity contribution in [2.45, 2.75) is 26.8 Å². The number of aromatic nitrogens is 3. The van der Waals surface area contributed by atoms with Crippen molar-refractivity contribution in [1.29, 1.82) is 0 Å². The normalized spacial score (nSPS) is 11.8. The third-order valence-electron chi connectivity index (χ3n) is 6.12. The maximum atomic E-state index is 13.3. The number of pyridine rings is 1. The Bertz CT molecular complexity index is 1470. The highest BCUT2D eigenvalue weighted by Crippen LogP contribution is 2.27. The van der Waals surface area contributed by atoms with E-state index in [0.717, 1.165) is 48.2 Å². The van der Waals surface area contributed by atoms with Gasteiger partial charge in [-0.2, -0.15) is 5.10 Å². The molecule has 168 valence electrons. The van der Waals surface area contributed by atoms with Crippen molar-refractivity contribution < 1.29 is 4.42 Å². The number of rotatable bonds is 7. The number of hydrogen-bond acceptors (Lipinski definition) is 4. The molecule has 0 amide bonds. The summed E-state index contributed by atoms with van der Waals surface area (Å²) >= 11 is 0. The van der Waals surface area contributed by atoms with E-state index >= 15 is 0 Å². The van der Waals surface area contributed by atoms with Crippen molar-refractivity contribution >= 4 is 21.9 Å². The van der Waals surface area contributed by atoms with Crippen molar-refractivity contribution in [2.75, 3.05) is 20.1 Å². The predicted octanol–water partition coefficient (Wildman–Crippen LogP) is 5.25. The van der Waals surface area contributed by atoms with Crippen LogP contribution < -0.4 is 5.56 Å². The molecule has 3 aromatic heterocycles. The van der Waals surface area contributed by atoms with Crippen LogP contribution in [-0.2, 0) is 6.54 Å². The summed E-state index contributed by atoms with van der Waals surface area (Å²) < 4.78 is 9.67. The van der Waals surface area contributed by atoms with Crippen LogP contribution in [0.25, 0.3) is 38.9 Å². The summed E-state index contributed by atoms with van der Waals surface area (Å²) in [4.78, 5) is 15.6. The average Bonchev–Trinajstić information content (AvgIpc) is 3.43. The first-order chi connectivity index (χ1) is 16.0. The molecule has 5 rings (SSSR count). The largest absolute Gasteiger partial charge is 0.456 e. The first-order valence-electron chi connectivity index (χ1n) is 11.4. The second-order valence-corrected chi connectivity index (χ2v) is 8.66. The molecule has 6 nitrogen and oxygen atoms in total. The molecule has 0 N–H and O–H groups in total. The minimum Gasteiger partial charge on any atom is -0.456 e. The lowest BCUT2D eigenvalue weighted by Crippen LogP contribution is -2.24. The fourth-order valence-electron chi connectivity index (χ4n) is 4.26. The molecule has 33 heavy (non-hydrogen) atoms. The lowest BCUT2D eigenvalue weighted by atomic mass is 10.1. The van der Waals surface area contributed by atoms with Crippen molar-refractivity contribution in [3.05, 3.63) is 82.9 Å². The summed E-state index contributed by atoms with van der Waals surface area (Å²) in [7, 11) is 2.13. The Morgan fingerprint density at radius 2 is 1.85 bits per heavy atom. The number of benzene rings is 2. The third-order valence-corrected chi connectivity index (χ3v) is 6.12. The van der Waals surface area contributed by atoms with Gasteiger partial charge in [-0.05, 0) is 57.3 Å². The Labute approximate surface area is 192 Å². The van der Waals surface area contributed by atoms with Gasteiger partial charge in [0, 0.05) is 29.4 Å². The molecule has 2 aromatic carbocycles. The average molecular weight is 441 g/mol. The van der Waals surface area contributed by atoms with Crippen LogP contribution >= 0.6 is 0 Å². The first-order valence-corrected chi connectivity index (χ1v) is 11.4. The van der Waals surface area contributed by atoms with Crippen molar-refractivity contribution in [3.63, 3.8) is 0 Å². The molecule has 3 heterocycles. The topological polar surface area (TPSA) is 56.2 Å². The van der Waals surface area contributed by atoms with Gasteiger partial charge < -0.3 is 9.32 Å². The molecular weight excluding hydrogens is 412 g/mol. The van der Waals surface area contributed by atoms with Gasteiger partial charge in [0.25, 0.3) is 5.56 Å². The van der Waals surface area contributed by atoms with E-state index in [1.54, 1.807) is 10.8 Å². The number of aryl methyl sites for hydroxylation is 1. The fourth-order valence-corrected chi connectivity index (χ4v) is 4.26. The van der Waals surface area contributed by atoms with E-state index in [2.05, 4.69) is 24.0 Å². The van der Waals surface area contributed by atoms with E-state index in [1.807, 2.05) is 72.4 Å². The summed E-state index contributed by atoms with van der Waals surface area (Å²) in [6.07, 6.45) is 4.79. The van der Waals surface area contributed by atoms with E-state index in [9.17, 15) is 4.79 Å². The van der Waals surface area contributed by atoms with Gasteiger partial charge in [-0.15, -0.1) is 0 Å². The Balaban J connectivity index is 1.47. The zero-order valence-electron chi connectivity index (χ0n) is 19.3. The van der Waals surface area contributed by atoms with Gasteiger partial charge in [-0.1, -0.05) is 36.8 Å². The van der Waals surface area contributed by atoms with Crippen molar-refractivity contribution in [3.8, 4) is 17.0 Å². The van der Waals surface area contributed by atoms with E-state index in [1.165, 1.54) is 5.56 Å². The van der Waals surface area contributed by atoms with Crippen LogP contribution in [0.5, 0.6) is 0 Å². The van der Waals surface area contributed by atoms with Crippen LogP contribution in [0, 0.1) is 6.92 Å². The van der Waals surface area contributed by atoms with Crippen LogP contribution in [0.3, 0.4) is 0 Å². The lowest BCUT2D eigenvalue weighted by Gasteiger charge is -2.15. The summed E-state index contributed by atoms with van der Waals surface area (Å²) in [6.45, 7) is 7.10. The Morgan fingerprint density at radius 3 is 2.64 bits per heavy atom. The van der Waals surface area contributed by atoms with E-state index in [4.69, 9.17) is 4.42 Å². The van der Waals surface area contributed by atoms with Crippen molar-refractivity contribution in [1.82, 2.24) is 19.2 Å². The molecule has 0 saturated carbocycles. The molecular formula is C27H28N4O2. The monoisotopic (exact) mass is 440 g/mol. The molecule has 6 heteroatoms. The van der Waals surface area contributed by atoms with Gasteiger partial charge >= 0.3 is 0 Å². The smallest absolute Gasteiger partial charge is 0.266 e. The lowest BCUT2D eigenvalue weighted by molar-refractivity contribution is 0.315. The standard InChI is InChI=1S/C27H28N4O2/c1-4-12-29(3)14-15-31-24-10-9-22(16-21(24)18-28-31)30-13-11-25-23(27(30)32)17-26(33-25)20-7-5-19(2)6-8-20/h5-11,13,16-18H,4,12,14-15H2,1-3H3. The maximum absolute atomic E-state index is 13.3. The quantitative estimate of drug-likeness (QED) is 0.347. The maximum Gasteiger partial charge on any atom is 0.266 e. The summed E-state index contributed by atoms with van der Waals surface area (Å²) in [5, 5.41) is 6.16. The Hall–Kier alpha value is -3.64. The van der Waals surface area contributed by atoms with E-state index in [-0.39, 0.29) is 5.56 Å². The number of likely N-dealkylation sites (N-methyl/N-ethyl adjacent to an activating group) is 1. The summed E-state index contributed by atoms with van der Waals surface area (Å²) in [6, 6.07) is 17.8. The molecule has 0 spiro atoms. The second kappa shape index (κ2) is 8.71. The Morgan fingerprint density at radius 1 is 1.03 bits per heavy atom. The molecule has 0 radical (unpaired) electrons. The SMILES string of the molecule is CCCN(C)CCn1ncc2cc(-n3ccc4oc(-c5ccc(C)cc5)cc4c3=O)ccc21. The zero-order chi connectivity index (χ0) is 22.9. The highest BCUT2D eigenvalue weighted by Gasteiger charge is 2.13. The van der Waals surface area contributed by atoms with Crippen LogP contribution in [0.2, 0.25) is 0 Å². The van der Waals surface area contributed by atoms with Gasteiger partial charge in [0.15, 0.2) is 0 Å². The van der Waals surface area contributed by atoms with Crippen molar-refractivity contribution in [2.24, 2.45) is 0 Å². The fraction of sp³-hybridized carbons (Fsp3) is 0.259. The molecule has 0 aliphatic heterocycles. The molecule has 0 unspecified atom stereocenters. The molecule has 0 aliphatic carbocycles. The van der Waals surface area contributed by atoms with Crippen LogP contribution in [0.4, 0.5) is 0 Å². The van der Waals surface area contributed by atoms with Crippen LogP contribution in [0.15, 0.2) is 76.2 Å². The van der Waals surface area contributed by atoms with E-state index in [0.29, 0.717) is 16.7 Å². The molecule has 0 fully saturated rings. The number of nitrogens with zero attached hydrogens (tertiary/aromatic N) is 4. The molecule has 0 aliphatic rings. The van der Waals surface area contributed by atoms with Gasteiger partial charge in [-0.25, -0.2) is 0 Å². The highest BCUT2D eigenvalue weighted by molar-refractivity contribution is 5.83. The zero-order valence-corrected chi connectivity index (χ0v) is 19.3. The first kappa shape index (κ1) is 21.2. The van der Waals surface area contributed by atoms with Crippen LogP contribution in [0.1, 0.15) is 18.9 Å². The predicted molar refractivity (Wildman–Crippen MR) is 133 cm³/mol. The number of hydrogen-bond donors (Lipinski definition) is 0. The second-order valence-electron chi connectivity index (χ2n) is 8.66. The van der Waals surface area contributed by atoms with Crippen LogP contribution in [-0.4, -0.2) is 39.4 Å². The van der Waals surface area contributed by atoms with Gasteiger partial charge in [0.2, 0.25) is 0 Å². The van der Waals surface area contributed by atoms with Gasteiger partial charge in [0.05, 0.1) is 23.6 Å². The van der Waals surface area contributed by atoms with E-state index < -0.39 is 0 Å². The van der Waals surface area contributed by atoms with Gasteiger partial charge in [-0.3, -0.25) is 14.0 Å². The molecule has 0 saturated heterocycles.